The van der Waals surface area contributed by atoms with E-state index in [4.69, 9.17) is 39.2 Å². The molecule has 7 nitrogen and oxygen atoms in total. The fourth-order valence-electron chi connectivity index (χ4n) is 2.24. The molecule has 0 bridgehead atoms. The van der Waals surface area contributed by atoms with Crippen LogP contribution in [0.3, 0.4) is 0 Å². The molecule has 0 unspecified atom stereocenters. The minimum atomic E-state index is -1.11. The van der Waals surface area contributed by atoms with Gasteiger partial charge < -0.3 is 29.9 Å². The van der Waals surface area contributed by atoms with Gasteiger partial charge in [0, 0.05) is 0 Å². The van der Waals surface area contributed by atoms with Crippen molar-refractivity contribution in [3.05, 3.63) is 37.4 Å². The average Bonchev–Trinajstić information content (AvgIpc) is 2.59. The molecular weight excluding hydrogens is 399 g/mol. The van der Waals surface area contributed by atoms with Gasteiger partial charge >= 0.3 is 0 Å². The summed E-state index contributed by atoms with van der Waals surface area (Å²) in [4.78, 5) is 12.4. The highest BCUT2D eigenvalue weighted by Crippen LogP contribution is 2.48. The van der Waals surface area contributed by atoms with Crippen molar-refractivity contribution in [3.8, 4) is 40.1 Å². The number of hydrogen-bond donors (Lipinski definition) is 5. The van der Waals surface area contributed by atoms with E-state index in [1.807, 2.05) is 0 Å². The van der Waals surface area contributed by atoms with Crippen LogP contribution in [-0.2, 0) is 0 Å². The summed E-state index contributed by atoms with van der Waals surface area (Å²) < 4.78 is 5.32. The number of phenols is 4. The van der Waals surface area contributed by atoms with Crippen molar-refractivity contribution in [3.63, 3.8) is 0 Å². The van der Waals surface area contributed by atoms with E-state index >= 15 is 0 Å². The molecule has 130 valence electrons. The first-order valence-electron chi connectivity index (χ1n) is 6.46. The van der Waals surface area contributed by atoms with Gasteiger partial charge in [0.05, 0.1) is 5.56 Å². The second-order valence-corrected chi connectivity index (χ2v) is 6.07. The first-order chi connectivity index (χ1) is 11.7. The Bertz CT molecular complexity index is 1110. The molecular formula is C15H7Cl3O7. The summed E-state index contributed by atoms with van der Waals surface area (Å²) in [5.41, 5.74) is -1.81. The minimum Gasteiger partial charge on any atom is -0.506 e. The quantitative estimate of drug-likeness (QED) is 0.414. The zero-order valence-corrected chi connectivity index (χ0v) is 14.1. The Balaban J connectivity index is 2.50. The summed E-state index contributed by atoms with van der Waals surface area (Å²) in [7, 11) is 0. The van der Waals surface area contributed by atoms with E-state index < -0.39 is 66.0 Å². The van der Waals surface area contributed by atoms with Gasteiger partial charge in [-0.2, -0.15) is 0 Å². The van der Waals surface area contributed by atoms with E-state index in [0.717, 1.165) is 12.1 Å². The minimum absolute atomic E-state index is 0.232. The highest BCUT2D eigenvalue weighted by Gasteiger charge is 2.26. The predicted molar refractivity (Wildman–Crippen MR) is 91.3 cm³/mol. The van der Waals surface area contributed by atoms with E-state index in [1.54, 1.807) is 0 Å². The van der Waals surface area contributed by atoms with Crippen LogP contribution < -0.4 is 5.43 Å². The van der Waals surface area contributed by atoms with Crippen LogP contribution >= 0.6 is 34.8 Å². The smallest absolute Gasteiger partial charge is 0.238 e. The lowest BCUT2D eigenvalue weighted by atomic mass is 10.1. The van der Waals surface area contributed by atoms with Gasteiger partial charge in [-0.1, -0.05) is 34.8 Å². The van der Waals surface area contributed by atoms with Gasteiger partial charge in [0.15, 0.2) is 22.8 Å². The molecule has 2 aromatic carbocycles. The second kappa shape index (κ2) is 5.80. The highest BCUT2D eigenvalue weighted by atomic mass is 35.5. The maximum Gasteiger partial charge on any atom is 0.238 e. The van der Waals surface area contributed by atoms with E-state index in [9.17, 15) is 30.3 Å². The lowest BCUT2D eigenvalue weighted by Gasteiger charge is -2.12. The number of phenolic OH excluding ortho intramolecular Hbond substituents is 4. The first kappa shape index (κ1) is 17.3. The molecule has 3 aromatic rings. The molecule has 0 amide bonds. The molecule has 0 aliphatic rings. The first-order valence-corrected chi connectivity index (χ1v) is 7.59. The largest absolute Gasteiger partial charge is 0.506 e. The Morgan fingerprint density at radius 3 is 2.04 bits per heavy atom. The third kappa shape index (κ3) is 2.39. The van der Waals surface area contributed by atoms with E-state index in [-0.39, 0.29) is 5.56 Å². The standard InChI is InChI=1S/C15H7Cl3O7/c16-6-4(19)2-1-3(9(6)20)14-13(24)11(22)5-10(21)7(17)12(23)8(18)15(5)25-14/h1-2,19-21,23-24H. The zero-order chi connectivity index (χ0) is 18.6. The number of fused-ring (bicyclic) bond motifs is 1. The SMILES string of the molecule is O=c1c(O)c(-c2ccc(O)c(Cl)c2O)oc2c(Cl)c(O)c(Cl)c(O)c12. The monoisotopic (exact) mass is 404 g/mol. The number of benzene rings is 2. The van der Waals surface area contributed by atoms with Gasteiger partial charge in [-0.25, -0.2) is 0 Å². The number of aromatic hydroxyl groups is 5. The Labute approximate surface area is 153 Å². The molecule has 1 aromatic heterocycles. The molecule has 25 heavy (non-hydrogen) atoms. The van der Waals surface area contributed by atoms with Crippen LogP contribution in [0.2, 0.25) is 15.1 Å². The molecule has 10 heteroatoms. The maximum atomic E-state index is 12.4. The summed E-state index contributed by atoms with van der Waals surface area (Å²) in [6, 6.07) is 2.23. The average molecular weight is 406 g/mol. The molecule has 1 heterocycles. The Hall–Kier alpha value is -2.48. The molecule has 0 aliphatic heterocycles. The Kier molecular flexibility index (Phi) is 4.03. The van der Waals surface area contributed by atoms with Crippen molar-refractivity contribution in [1.82, 2.24) is 0 Å². The van der Waals surface area contributed by atoms with Gasteiger partial charge in [-0.3, -0.25) is 4.79 Å². The topological polar surface area (TPSA) is 131 Å². The summed E-state index contributed by atoms with van der Waals surface area (Å²) in [5.74, 6) is -4.19. The van der Waals surface area contributed by atoms with Gasteiger partial charge in [0.25, 0.3) is 0 Å². The van der Waals surface area contributed by atoms with Gasteiger partial charge in [0.2, 0.25) is 11.2 Å². The van der Waals surface area contributed by atoms with Crippen molar-refractivity contribution in [2.75, 3.05) is 0 Å². The maximum absolute atomic E-state index is 12.4. The van der Waals surface area contributed by atoms with Crippen LogP contribution in [0.15, 0.2) is 21.3 Å². The van der Waals surface area contributed by atoms with Gasteiger partial charge in [-0.05, 0) is 12.1 Å². The number of hydrogen-bond acceptors (Lipinski definition) is 7. The van der Waals surface area contributed by atoms with Crippen molar-refractivity contribution >= 4 is 45.8 Å². The predicted octanol–water partition coefficient (Wildman–Crippen LogP) is 3.95. The van der Waals surface area contributed by atoms with Crippen LogP contribution in [-0.4, -0.2) is 25.5 Å². The van der Waals surface area contributed by atoms with Crippen LogP contribution in [0.5, 0.6) is 28.7 Å². The number of halogens is 3. The summed E-state index contributed by atoms with van der Waals surface area (Å²) in [6.07, 6.45) is 0. The van der Waals surface area contributed by atoms with Gasteiger partial charge in [-0.15, -0.1) is 0 Å². The van der Waals surface area contributed by atoms with E-state index in [2.05, 4.69) is 0 Å². The number of rotatable bonds is 1. The van der Waals surface area contributed by atoms with Crippen LogP contribution in [0.1, 0.15) is 0 Å². The molecule has 0 atom stereocenters. The normalized spacial score (nSPS) is 11.2. The molecule has 0 saturated heterocycles. The lowest BCUT2D eigenvalue weighted by Crippen LogP contribution is -2.04. The summed E-state index contributed by atoms with van der Waals surface area (Å²) in [5, 5.41) is 47.3. The molecule has 0 saturated carbocycles. The third-order valence-electron chi connectivity index (χ3n) is 3.49. The fourth-order valence-corrected chi connectivity index (χ4v) is 2.87. The zero-order valence-electron chi connectivity index (χ0n) is 11.8. The molecule has 5 N–H and O–H groups in total. The molecule has 0 fully saturated rings. The molecule has 0 spiro atoms. The van der Waals surface area contributed by atoms with Gasteiger partial charge in [0.1, 0.15) is 32.0 Å². The van der Waals surface area contributed by atoms with E-state index in [0.29, 0.717) is 0 Å². The van der Waals surface area contributed by atoms with Crippen molar-refractivity contribution < 1.29 is 29.9 Å². The summed E-state index contributed by atoms with van der Waals surface area (Å²) >= 11 is 17.3. The Morgan fingerprint density at radius 2 is 1.40 bits per heavy atom. The second-order valence-electron chi connectivity index (χ2n) is 4.93. The molecule has 0 aliphatic carbocycles. The molecule has 0 radical (unpaired) electrons. The van der Waals surface area contributed by atoms with Crippen molar-refractivity contribution in [2.45, 2.75) is 0 Å². The fraction of sp³-hybridized carbons (Fsp3) is 0. The van der Waals surface area contributed by atoms with Crippen LogP contribution in [0.4, 0.5) is 0 Å². The Morgan fingerprint density at radius 1 is 0.760 bits per heavy atom. The van der Waals surface area contributed by atoms with Crippen LogP contribution in [0.25, 0.3) is 22.3 Å². The lowest BCUT2D eigenvalue weighted by molar-refractivity contribution is 0.433. The third-order valence-corrected chi connectivity index (χ3v) is 4.57. The van der Waals surface area contributed by atoms with Crippen LogP contribution in [0, 0.1) is 0 Å². The highest BCUT2D eigenvalue weighted by molar-refractivity contribution is 6.41. The van der Waals surface area contributed by atoms with E-state index in [1.165, 1.54) is 0 Å². The summed E-state index contributed by atoms with van der Waals surface area (Å²) in [6.45, 7) is 0. The van der Waals surface area contributed by atoms with Crippen molar-refractivity contribution in [2.24, 2.45) is 0 Å². The van der Waals surface area contributed by atoms with Crippen molar-refractivity contribution in [1.29, 1.82) is 0 Å². The molecule has 3 rings (SSSR count).